The highest BCUT2D eigenvalue weighted by molar-refractivity contribution is 5.91. The van der Waals surface area contributed by atoms with Crippen molar-refractivity contribution in [3.63, 3.8) is 0 Å². The first kappa shape index (κ1) is 13.3. The summed E-state index contributed by atoms with van der Waals surface area (Å²) in [6, 6.07) is 3.93. The van der Waals surface area contributed by atoms with Crippen molar-refractivity contribution >= 4 is 12.0 Å². The number of likely N-dealkylation sites (N-methyl/N-ethyl adjacent to an activating group) is 1. The molecule has 1 aromatic carbocycles. The van der Waals surface area contributed by atoms with Gasteiger partial charge in [0.1, 0.15) is 5.75 Å². The first-order valence-electron chi connectivity index (χ1n) is 5.50. The minimum Gasteiger partial charge on any atom is -0.497 e. The van der Waals surface area contributed by atoms with E-state index < -0.39 is 0 Å². The SMILES string of the molecule is COc1cc(C)c(/C=C/C(=O)N(C)C)c(C)c1. The number of aryl methyl sites for hydroxylation is 2. The Morgan fingerprint density at radius 3 is 2.18 bits per heavy atom. The Labute approximate surface area is 103 Å². The lowest BCUT2D eigenvalue weighted by atomic mass is 10.0. The number of benzene rings is 1. The molecule has 0 saturated heterocycles. The number of rotatable bonds is 3. The van der Waals surface area contributed by atoms with Gasteiger partial charge in [0.15, 0.2) is 0 Å². The topological polar surface area (TPSA) is 29.5 Å². The van der Waals surface area contributed by atoms with Crippen molar-refractivity contribution in [2.24, 2.45) is 0 Å². The molecule has 0 heterocycles. The van der Waals surface area contributed by atoms with Crippen LogP contribution in [0.4, 0.5) is 0 Å². The second-order valence-electron chi connectivity index (χ2n) is 4.24. The van der Waals surface area contributed by atoms with Gasteiger partial charge in [0.05, 0.1) is 7.11 Å². The maximum Gasteiger partial charge on any atom is 0.246 e. The Bertz CT molecular complexity index is 425. The number of ether oxygens (including phenoxy) is 1. The average molecular weight is 233 g/mol. The fourth-order valence-corrected chi connectivity index (χ4v) is 1.62. The van der Waals surface area contributed by atoms with Crippen molar-refractivity contribution in [1.29, 1.82) is 0 Å². The van der Waals surface area contributed by atoms with Crippen LogP contribution < -0.4 is 4.74 Å². The summed E-state index contributed by atoms with van der Waals surface area (Å²) < 4.78 is 5.20. The molecule has 0 atom stereocenters. The molecule has 0 unspecified atom stereocenters. The van der Waals surface area contributed by atoms with E-state index >= 15 is 0 Å². The van der Waals surface area contributed by atoms with E-state index in [-0.39, 0.29) is 5.91 Å². The molecule has 0 spiro atoms. The molecule has 0 aliphatic rings. The van der Waals surface area contributed by atoms with Gasteiger partial charge in [0.2, 0.25) is 5.91 Å². The van der Waals surface area contributed by atoms with Gasteiger partial charge in [-0.15, -0.1) is 0 Å². The predicted molar refractivity (Wildman–Crippen MR) is 70.2 cm³/mol. The number of hydrogen-bond donors (Lipinski definition) is 0. The lowest BCUT2D eigenvalue weighted by molar-refractivity contribution is -0.123. The molecule has 0 N–H and O–H groups in total. The summed E-state index contributed by atoms with van der Waals surface area (Å²) in [4.78, 5) is 13.0. The first-order valence-corrected chi connectivity index (χ1v) is 5.50. The second-order valence-corrected chi connectivity index (χ2v) is 4.24. The molecule has 0 aromatic heterocycles. The fraction of sp³-hybridized carbons (Fsp3) is 0.357. The van der Waals surface area contributed by atoms with Crippen LogP contribution in [0.3, 0.4) is 0 Å². The van der Waals surface area contributed by atoms with Crippen molar-refractivity contribution < 1.29 is 9.53 Å². The first-order chi connectivity index (χ1) is 7.95. The maximum atomic E-state index is 11.5. The summed E-state index contributed by atoms with van der Waals surface area (Å²) in [6.07, 6.45) is 3.44. The van der Waals surface area contributed by atoms with Gasteiger partial charge in [0, 0.05) is 20.2 Å². The highest BCUT2D eigenvalue weighted by Gasteiger charge is 2.04. The molecule has 3 heteroatoms. The van der Waals surface area contributed by atoms with Crippen molar-refractivity contribution in [1.82, 2.24) is 4.90 Å². The van der Waals surface area contributed by atoms with Crippen LogP contribution in [0.2, 0.25) is 0 Å². The Kier molecular flexibility index (Phi) is 4.32. The van der Waals surface area contributed by atoms with Crippen LogP contribution in [-0.2, 0) is 4.79 Å². The summed E-state index contributed by atoms with van der Waals surface area (Å²) in [5.41, 5.74) is 3.27. The molecule has 92 valence electrons. The molecular formula is C14H19NO2. The molecule has 3 nitrogen and oxygen atoms in total. The quantitative estimate of drug-likeness (QED) is 0.750. The van der Waals surface area contributed by atoms with Crippen LogP contribution in [0.25, 0.3) is 6.08 Å². The van der Waals surface area contributed by atoms with E-state index in [1.54, 1.807) is 32.2 Å². The molecule has 0 aliphatic carbocycles. The summed E-state index contributed by atoms with van der Waals surface area (Å²) in [5, 5.41) is 0. The molecule has 1 amide bonds. The Hall–Kier alpha value is -1.77. The third kappa shape index (κ3) is 3.34. The lowest BCUT2D eigenvalue weighted by Crippen LogP contribution is -2.18. The zero-order valence-corrected chi connectivity index (χ0v) is 11.1. The van der Waals surface area contributed by atoms with E-state index in [9.17, 15) is 4.79 Å². The third-order valence-electron chi connectivity index (χ3n) is 2.64. The van der Waals surface area contributed by atoms with E-state index in [0.717, 1.165) is 22.4 Å². The molecule has 0 aliphatic heterocycles. The molecule has 0 radical (unpaired) electrons. The molecule has 1 rings (SSSR count). The normalized spacial score (nSPS) is 10.6. The highest BCUT2D eigenvalue weighted by atomic mass is 16.5. The average Bonchev–Trinajstić information content (AvgIpc) is 2.27. The van der Waals surface area contributed by atoms with Crippen LogP contribution in [0.5, 0.6) is 5.75 Å². The molecule has 0 saturated carbocycles. The van der Waals surface area contributed by atoms with Gasteiger partial charge in [-0.25, -0.2) is 0 Å². The van der Waals surface area contributed by atoms with Crippen LogP contribution in [-0.4, -0.2) is 32.0 Å². The number of carbonyl (C=O) groups is 1. The number of amides is 1. The number of methoxy groups -OCH3 is 1. The van der Waals surface area contributed by atoms with Crippen LogP contribution in [0.15, 0.2) is 18.2 Å². The molecule has 0 bridgehead atoms. The maximum absolute atomic E-state index is 11.5. The Morgan fingerprint density at radius 1 is 1.24 bits per heavy atom. The standard InChI is InChI=1S/C14H19NO2/c1-10-8-12(17-5)9-11(2)13(10)6-7-14(16)15(3)4/h6-9H,1-5H3/b7-6+. The minimum atomic E-state index is -0.0142. The Balaban J connectivity index is 3.03. The smallest absolute Gasteiger partial charge is 0.246 e. The van der Waals surface area contributed by atoms with Crippen molar-refractivity contribution in [3.8, 4) is 5.75 Å². The summed E-state index contributed by atoms with van der Waals surface area (Å²) >= 11 is 0. The summed E-state index contributed by atoms with van der Waals surface area (Å²) in [7, 11) is 5.13. The van der Waals surface area contributed by atoms with Crippen LogP contribution >= 0.6 is 0 Å². The molecule has 1 aromatic rings. The highest BCUT2D eigenvalue weighted by Crippen LogP contribution is 2.22. The Morgan fingerprint density at radius 2 is 1.76 bits per heavy atom. The van der Waals surface area contributed by atoms with Gasteiger partial charge in [-0.3, -0.25) is 4.79 Å². The van der Waals surface area contributed by atoms with E-state index in [1.165, 1.54) is 0 Å². The fourth-order valence-electron chi connectivity index (χ4n) is 1.62. The zero-order chi connectivity index (χ0) is 13.0. The van der Waals surface area contributed by atoms with Crippen molar-refractivity contribution in [2.45, 2.75) is 13.8 Å². The molecule has 0 fully saturated rings. The number of carbonyl (C=O) groups excluding carboxylic acids is 1. The zero-order valence-electron chi connectivity index (χ0n) is 11.1. The molecule has 17 heavy (non-hydrogen) atoms. The van der Waals surface area contributed by atoms with Crippen molar-refractivity contribution in [2.75, 3.05) is 21.2 Å². The van der Waals surface area contributed by atoms with Gasteiger partial charge in [-0.2, -0.15) is 0 Å². The monoisotopic (exact) mass is 233 g/mol. The minimum absolute atomic E-state index is 0.0142. The largest absolute Gasteiger partial charge is 0.497 e. The van der Waals surface area contributed by atoms with E-state index in [0.29, 0.717) is 0 Å². The second kappa shape index (κ2) is 5.53. The summed E-state index contributed by atoms with van der Waals surface area (Å²) in [5.74, 6) is 0.829. The number of hydrogen-bond acceptors (Lipinski definition) is 2. The van der Waals surface area contributed by atoms with Gasteiger partial charge < -0.3 is 9.64 Å². The summed E-state index contributed by atoms with van der Waals surface area (Å²) in [6.45, 7) is 4.02. The van der Waals surface area contributed by atoms with Gasteiger partial charge in [-0.05, 0) is 48.7 Å². The lowest BCUT2D eigenvalue weighted by Gasteiger charge is -2.09. The van der Waals surface area contributed by atoms with E-state index in [4.69, 9.17) is 4.74 Å². The van der Waals surface area contributed by atoms with E-state index in [2.05, 4.69) is 0 Å². The van der Waals surface area contributed by atoms with Gasteiger partial charge >= 0.3 is 0 Å². The van der Waals surface area contributed by atoms with Crippen molar-refractivity contribution in [3.05, 3.63) is 34.9 Å². The third-order valence-corrected chi connectivity index (χ3v) is 2.64. The van der Waals surface area contributed by atoms with Gasteiger partial charge in [-0.1, -0.05) is 0 Å². The van der Waals surface area contributed by atoms with Crippen LogP contribution in [0, 0.1) is 13.8 Å². The predicted octanol–water partition coefficient (Wildman–Crippen LogP) is 2.41. The van der Waals surface area contributed by atoms with Crippen LogP contribution in [0.1, 0.15) is 16.7 Å². The molecular weight excluding hydrogens is 214 g/mol. The van der Waals surface area contributed by atoms with E-state index in [1.807, 2.05) is 32.1 Å². The number of nitrogens with zero attached hydrogens (tertiary/aromatic N) is 1. The van der Waals surface area contributed by atoms with Gasteiger partial charge in [0.25, 0.3) is 0 Å².